The van der Waals surface area contributed by atoms with Crippen molar-refractivity contribution < 1.29 is 4.74 Å². The van der Waals surface area contributed by atoms with E-state index in [2.05, 4.69) is 45.9 Å². The smallest absolute Gasteiger partial charge is 0.114 e. The van der Waals surface area contributed by atoms with Gasteiger partial charge in [0.1, 0.15) is 5.76 Å². The van der Waals surface area contributed by atoms with Crippen LogP contribution in [0.15, 0.2) is 24.0 Å². The summed E-state index contributed by atoms with van der Waals surface area (Å²) < 4.78 is 5.17. The Morgan fingerprint density at radius 2 is 2.00 bits per heavy atom. The van der Waals surface area contributed by atoms with E-state index in [1.807, 2.05) is 0 Å². The summed E-state index contributed by atoms with van der Waals surface area (Å²) in [6.07, 6.45) is 7.59. The summed E-state index contributed by atoms with van der Waals surface area (Å²) in [7, 11) is 1.72. The molecule has 0 spiro atoms. The summed E-state index contributed by atoms with van der Waals surface area (Å²) in [5.74, 6) is 0.988. The molecule has 0 unspecified atom stereocenters. The molecule has 0 aliphatic heterocycles. The fourth-order valence-electron chi connectivity index (χ4n) is 1.42. The Hall–Kier alpha value is -0.720. The van der Waals surface area contributed by atoms with E-state index in [1.165, 1.54) is 0 Å². The molecule has 13 heavy (non-hydrogen) atoms. The van der Waals surface area contributed by atoms with Gasteiger partial charge in [0.2, 0.25) is 0 Å². The molecule has 0 bridgehead atoms. The van der Waals surface area contributed by atoms with Gasteiger partial charge in [-0.1, -0.05) is 33.8 Å². The van der Waals surface area contributed by atoms with Crippen molar-refractivity contribution in [2.75, 3.05) is 7.11 Å². The third-order valence-corrected chi connectivity index (χ3v) is 3.29. The van der Waals surface area contributed by atoms with Gasteiger partial charge in [-0.3, -0.25) is 0 Å². The van der Waals surface area contributed by atoms with E-state index < -0.39 is 0 Å². The maximum absolute atomic E-state index is 5.17. The molecule has 0 aromatic carbocycles. The van der Waals surface area contributed by atoms with Gasteiger partial charge in [-0.15, -0.1) is 0 Å². The van der Waals surface area contributed by atoms with E-state index in [9.17, 15) is 0 Å². The van der Waals surface area contributed by atoms with Crippen molar-refractivity contribution in [3.05, 3.63) is 24.0 Å². The van der Waals surface area contributed by atoms with Crippen LogP contribution >= 0.6 is 0 Å². The van der Waals surface area contributed by atoms with E-state index in [0.29, 0.717) is 5.41 Å². The van der Waals surface area contributed by atoms with Crippen LogP contribution in [0.25, 0.3) is 0 Å². The van der Waals surface area contributed by atoms with E-state index in [4.69, 9.17) is 4.74 Å². The second kappa shape index (κ2) is 3.21. The van der Waals surface area contributed by atoms with Crippen molar-refractivity contribution in [2.45, 2.75) is 34.1 Å². The first-order chi connectivity index (χ1) is 5.89. The Balaban J connectivity index is 2.81. The van der Waals surface area contributed by atoms with Crippen molar-refractivity contribution >= 4 is 0 Å². The Morgan fingerprint density at radius 3 is 2.31 bits per heavy atom. The second-order valence-corrected chi connectivity index (χ2v) is 5.02. The molecule has 0 N–H and O–H groups in total. The molecule has 1 nitrogen and oxygen atoms in total. The fraction of sp³-hybridized carbons (Fsp3) is 0.667. The van der Waals surface area contributed by atoms with Crippen LogP contribution < -0.4 is 0 Å². The second-order valence-electron chi connectivity index (χ2n) is 5.02. The van der Waals surface area contributed by atoms with Gasteiger partial charge >= 0.3 is 0 Å². The predicted molar refractivity (Wildman–Crippen MR) is 56.4 cm³/mol. The third-order valence-electron chi connectivity index (χ3n) is 3.29. The summed E-state index contributed by atoms with van der Waals surface area (Å²) in [6, 6.07) is 0. The maximum atomic E-state index is 5.17. The first-order valence-corrected chi connectivity index (χ1v) is 4.82. The number of ether oxygens (including phenoxy) is 1. The lowest BCUT2D eigenvalue weighted by atomic mass is 9.65. The zero-order valence-corrected chi connectivity index (χ0v) is 9.35. The van der Waals surface area contributed by atoms with Gasteiger partial charge in [-0.05, 0) is 29.4 Å². The van der Waals surface area contributed by atoms with Gasteiger partial charge in [0.25, 0.3) is 0 Å². The molecule has 1 aliphatic carbocycles. The molecule has 0 radical (unpaired) electrons. The monoisotopic (exact) mass is 180 g/mol. The van der Waals surface area contributed by atoms with Crippen molar-refractivity contribution in [1.82, 2.24) is 0 Å². The SMILES string of the molecule is COC1=CC[C@](C)(C(C)(C)C)C=C1. The minimum Gasteiger partial charge on any atom is -0.497 e. The van der Waals surface area contributed by atoms with Crippen molar-refractivity contribution in [3.8, 4) is 0 Å². The van der Waals surface area contributed by atoms with Crippen LogP contribution in [-0.2, 0) is 4.74 Å². The molecule has 0 heterocycles. The summed E-state index contributed by atoms with van der Waals surface area (Å²) in [5, 5.41) is 0. The Kier molecular flexibility index (Phi) is 2.56. The van der Waals surface area contributed by atoms with Gasteiger partial charge in [-0.2, -0.15) is 0 Å². The minimum atomic E-state index is 0.259. The lowest BCUT2D eigenvalue weighted by Gasteiger charge is -2.40. The Morgan fingerprint density at radius 1 is 1.38 bits per heavy atom. The van der Waals surface area contributed by atoms with Gasteiger partial charge in [0.15, 0.2) is 0 Å². The lowest BCUT2D eigenvalue weighted by molar-refractivity contribution is 0.164. The van der Waals surface area contributed by atoms with Crippen LogP contribution in [-0.4, -0.2) is 7.11 Å². The highest BCUT2D eigenvalue weighted by molar-refractivity contribution is 5.23. The Labute approximate surface area is 81.5 Å². The highest BCUT2D eigenvalue weighted by Crippen LogP contribution is 2.44. The molecule has 0 aromatic rings. The standard InChI is InChI=1S/C12H20O/c1-11(2,3)12(4)8-6-10(13-5)7-9-12/h6-8H,9H2,1-5H3/t12-/m1/s1. The number of hydrogen-bond donors (Lipinski definition) is 0. The van der Waals surface area contributed by atoms with Crippen LogP contribution in [0.5, 0.6) is 0 Å². The first-order valence-electron chi connectivity index (χ1n) is 4.82. The molecule has 0 aromatic heterocycles. The fourth-order valence-corrected chi connectivity index (χ4v) is 1.42. The molecule has 1 aliphatic rings. The number of allylic oxidation sites excluding steroid dienone is 3. The summed E-state index contributed by atoms with van der Waals surface area (Å²) in [5.41, 5.74) is 0.564. The minimum absolute atomic E-state index is 0.259. The average Bonchev–Trinajstić information content (AvgIpc) is 2.04. The molecule has 0 saturated heterocycles. The highest BCUT2D eigenvalue weighted by atomic mass is 16.5. The van der Waals surface area contributed by atoms with Gasteiger partial charge in [0.05, 0.1) is 7.11 Å². The molecule has 0 saturated carbocycles. The Bertz CT molecular complexity index is 242. The largest absolute Gasteiger partial charge is 0.497 e. The number of rotatable bonds is 1. The van der Waals surface area contributed by atoms with E-state index in [0.717, 1.165) is 12.2 Å². The van der Waals surface area contributed by atoms with Crippen molar-refractivity contribution in [2.24, 2.45) is 10.8 Å². The number of hydrogen-bond acceptors (Lipinski definition) is 1. The molecule has 74 valence electrons. The third kappa shape index (κ3) is 1.96. The first kappa shape index (κ1) is 10.4. The summed E-state index contributed by atoms with van der Waals surface area (Å²) in [6.45, 7) is 9.14. The van der Waals surface area contributed by atoms with Crippen LogP contribution in [0.4, 0.5) is 0 Å². The topological polar surface area (TPSA) is 9.23 Å². The molecule has 0 fully saturated rings. The molecule has 1 heteroatoms. The van der Waals surface area contributed by atoms with Crippen LogP contribution in [0.1, 0.15) is 34.1 Å². The quantitative estimate of drug-likeness (QED) is 0.600. The van der Waals surface area contributed by atoms with Gasteiger partial charge in [0, 0.05) is 0 Å². The van der Waals surface area contributed by atoms with E-state index >= 15 is 0 Å². The van der Waals surface area contributed by atoms with Crippen LogP contribution in [0, 0.1) is 10.8 Å². The van der Waals surface area contributed by atoms with Crippen molar-refractivity contribution in [3.63, 3.8) is 0 Å². The lowest BCUT2D eigenvalue weighted by Crippen LogP contribution is -2.31. The maximum Gasteiger partial charge on any atom is 0.114 e. The van der Waals surface area contributed by atoms with E-state index in [1.54, 1.807) is 7.11 Å². The average molecular weight is 180 g/mol. The van der Waals surface area contributed by atoms with Crippen molar-refractivity contribution in [1.29, 1.82) is 0 Å². The normalized spacial score (nSPS) is 28.5. The predicted octanol–water partition coefficient (Wildman–Crippen LogP) is 3.53. The van der Waals surface area contributed by atoms with E-state index in [-0.39, 0.29) is 5.41 Å². The van der Waals surface area contributed by atoms with Gasteiger partial charge in [-0.25, -0.2) is 0 Å². The summed E-state index contributed by atoms with van der Waals surface area (Å²) in [4.78, 5) is 0. The number of methoxy groups -OCH3 is 1. The zero-order valence-electron chi connectivity index (χ0n) is 9.35. The summed E-state index contributed by atoms with van der Waals surface area (Å²) >= 11 is 0. The van der Waals surface area contributed by atoms with Crippen LogP contribution in [0.3, 0.4) is 0 Å². The molecule has 1 rings (SSSR count). The van der Waals surface area contributed by atoms with Gasteiger partial charge < -0.3 is 4.74 Å². The zero-order chi connectivity index (χ0) is 10.1. The molecular formula is C12H20O. The molecule has 0 amide bonds. The molecule has 1 atom stereocenters. The molecular weight excluding hydrogens is 160 g/mol. The van der Waals surface area contributed by atoms with Crippen LogP contribution in [0.2, 0.25) is 0 Å². The highest BCUT2D eigenvalue weighted by Gasteiger charge is 2.35.